The lowest BCUT2D eigenvalue weighted by Crippen LogP contribution is -2.48. The second-order valence-electron chi connectivity index (χ2n) is 7.08. The van der Waals surface area contributed by atoms with Crippen molar-refractivity contribution in [1.82, 2.24) is 10.2 Å². The molecule has 0 fully saturated rings. The number of benzene rings is 2. The normalized spacial score (nSPS) is 11.7. The summed E-state index contributed by atoms with van der Waals surface area (Å²) in [6, 6.07) is 15.7. The van der Waals surface area contributed by atoms with Crippen LogP contribution in [0.2, 0.25) is 0 Å². The first kappa shape index (κ1) is 22.0. The molecule has 2 amide bonds. The van der Waals surface area contributed by atoms with E-state index in [9.17, 15) is 9.59 Å². The Morgan fingerprint density at radius 2 is 1.79 bits per heavy atom. The molecule has 0 aliphatic carbocycles. The Bertz CT molecular complexity index is 789. The molecule has 2 rings (SSSR count). The van der Waals surface area contributed by atoms with Gasteiger partial charge in [-0.15, -0.1) is 11.8 Å². The summed E-state index contributed by atoms with van der Waals surface area (Å²) < 4.78 is 0. The lowest BCUT2D eigenvalue weighted by Gasteiger charge is -2.29. The third-order valence-electron chi connectivity index (χ3n) is 4.54. The summed E-state index contributed by atoms with van der Waals surface area (Å²) in [4.78, 5) is 28.3. The van der Waals surface area contributed by atoms with Crippen molar-refractivity contribution in [3.8, 4) is 0 Å². The Hall–Kier alpha value is -2.27. The highest BCUT2D eigenvalue weighted by atomic mass is 32.2. The molecule has 0 aliphatic heterocycles. The zero-order valence-corrected chi connectivity index (χ0v) is 18.0. The van der Waals surface area contributed by atoms with Crippen molar-refractivity contribution in [2.75, 3.05) is 12.3 Å². The second kappa shape index (κ2) is 10.9. The molecule has 0 heterocycles. The average Bonchev–Trinajstić information content (AvgIpc) is 2.69. The minimum absolute atomic E-state index is 0.0359. The van der Waals surface area contributed by atoms with Crippen LogP contribution in [0.25, 0.3) is 0 Å². The standard InChI is InChI=1S/C23H30N2O2S/c1-5-13-24-23(27)19(4)25(15-20-8-6-7-18(3)14-20)22(26)16-28-21-11-9-17(2)10-12-21/h6-12,14,19H,5,13,15-16H2,1-4H3,(H,24,27). The van der Waals surface area contributed by atoms with Gasteiger partial charge in [-0.25, -0.2) is 0 Å². The molecule has 0 saturated carbocycles. The Morgan fingerprint density at radius 3 is 2.43 bits per heavy atom. The number of carbonyl (C=O) groups is 2. The first-order chi connectivity index (χ1) is 13.4. The lowest BCUT2D eigenvalue weighted by atomic mass is 10.1. The van der Waals surface area contributed by atoms with E-state index in [1.54, 1.807) is 11.8 Å². The summed E-state index contributed by atoms with van der Waals surface area (Å²) >= 11 is 1.50. The van der Waals surface area contributed by atoms with Gasteiger partial charge >= 0.3 is 0 Å². The molecule has 1 N–H and O–H groups in total. The number of hydrogen-bond acceptors (Lipinski definition) is 3. The predicted octanol–water partition coefficient (Wildman–Crippen LogP) is 4.34. The number of amides is 2. The van der Waals surface area contributed by atoms with E-state index in [2.05, 4.69) is 11.4 Å². The van der Waals surface area contributed by atoms with Gasteiger partial charge in [-0.05, 0) is 44.9 Å². The predicted molar refractivity (Wildman–Crippen MR) is 116 cm³/mol. The molecule has 4 nitrogen and oxygen atoms in total. The van der Waals surface area contributed by atoms with Crippen molar-refractivity contribution in [2.24, 2.45) is 0 Å². The average molecular weight is 399 g/mol. The minimum atomic E-state index is -0.516. The monoisotopic (exact) mass is 398 g/mol. The van der Waals surface area contributed by atoms with E-state index in [1.165, 1.54) is 17.3 Å². The highest BCUT2D eigenvalue weighted by Gasteiger charge is 2.25. The van der Waals surface area contributed by atoms with Crippen LogP contribution in [0.3, 0.4) is 0 Å². The van der Waals surface area contributed by atoms with Gasteiger partial charge in [-0.1, -0.05) is 54.4 Å². The molecule has 0 aromatic heterocycles. The van der Waals surface area contributed by atoms with Crippen molar-refractivity contribution in [3.05, 3.63) is 65.2 Å². The summed E-state index contributed by atoms with van der Waals surface area (Å²) in [5, 5.41) is 2.91. The fourth-order valence-corrected chi connectivity index (χ4v) is 3.63. The van der Waals surface area contributed by atoms with Crippen LogP contribution >= 0.6 is 11.8 Å². The van der Waals surface area contributed by atoms with E-state index in [0.717, 1.165) is 22.4 Å². The van der Waals surface area contributed by atoms with E-state index in [-0.39, 0.29) is 11.8 Å². The molecule has 0 bridgehead atoms. The van der Waals surface area contributed by atoms with E-state index >= 15 is 0 Å². The number of nitrogens with one attached hydrogen (secondary N) is 1. The number of hydrogen-bond donors (Lipinski definition) is 1. The summed E-state index contributed by atoms with van der Waals surface area (Å²) in [5.41, 5.74) is 3.36. The molecule has 28 heavy (non-hydrogen) atoms. The van der Waals surface area contributed by atoms with Crippen molar-refractivity contribution < 1.29 is 9.59 Å². The molecule has 0 saturated heterocycles. The maximum Gasteiger partial charge on any atom is 0.242 e. The molecule has 5 heteroatoms. The molecule has 0 radical (unpaired) electrons. The van der Waals surface area contributed by atoms with Gasteiger partial charge in [0.15, 0.2) is 0 Å². The zero-order valence-electron chi connectivity index (χ0n) is 17.2. The second-order valence-corrected chi connectivity index (χ2v) is 8.13. The van der Waals surface area contributed by atoms with Gasteiger partial charge in [0.05, 0.1) is 5.75 Å². The van der Waals surface area contributed by atoms with Gasteiger partial charge in [0.1, 0.15) is 6.04 Å². The SMILES string of the molecule is CCCNC(=O)C(C)N(Cc1cccc(C)c1)C(=O)CSc1ccc(C)cc1. The largest absolute Gasteiger partial charge is 0.354 e. The number of thioether (sulfide) groups is 1. The number of rotatable bonds is 9. The summed E-state index contributed by atoms with van der Waals surface area (Å²) in [6.07, 6.45) is 0.869. The fraction of sp³-hybridized carbons (Fsp3) is 0.391. The third kappa shape index (κ3) is 6.71. The number of nitrogens with zero attached hydrogens (tertiary/aromatic N) is 1. The molecule has 1 atom stereocenters. The van der Waals surface area contributed by atoms with Crippen LogP contribution in [0, 0.1) is 13.8 Å². The van der Waals surface area contributed by atoms with Crippen LogP contribution < -0.4 is 5.32 Å². The maximum absolute atomic E-state index is 13.0. The molecule has 150 valence electrons. The van der Waals surface area contributed by atoms with Gasteiger partial charge in [0.25, 0.3) is 0 Å². The molecular formula is C23H30N2O2S. The van der Waals surface area contributed by atoms with Crippen molar-refractivity contribution in [2.45, 2.75) is 51.6 Å². The number of carbonyl (C=O) groups excluding carboxylic acids is 2. The topological polar surface area (TPSA) is 49.4 Å². The van der Waals surface area contributed by atoms with Gasteiger partial charge in [0, 0.05) is 18.0 Å². The third-order valence-corrected chi connectivity index (χ3v) is 5.53. The fourth-order valence-electron chi connectivity index (χ4n) is 2.85. The van der Waals surface area contributed by atoms with Crippen molar-refractivity contribution >= 4 is 23.6 Å². The molecule has 0 spiro atoms. The quantitative estimate of drug-likeness (QED) is 0.639. The highest BCUT2D eigenvalue weighted by molar-refractivity contribution is 8.00. The molecule has 1 unspecified atom stereocenters. The Morgan fingerprint density at radius 1 is 1.07 bits per heavy atom. The zero-order chi connectivity index (χ0) is 20.5. The van der Waals surface area contributed by atoms with Crippen LogP contribution in [0.4, 0.5) is 0 Å². The Kier molecular flexibility index (Phi) is 8.58. The van der Waals surface area contributed by atoms with Crippen molar-refractivity contribution in [1.29, 1.82) is 0 Å². The maximum atomic E-state index is 13.0. The number of aryl methyl sites for hydroxylation is 2. The molecule has 2 aromatic carbocycles. The molecule has 2 aromatic rings. The van der Waals surface area contributed by atoms with E-state index < -0.39 is 6.04 Å². The van der Waals surface area contributed by atoms with Gasteiger partial charge < -0.3 is 10.2 Å². The molecule has 0 aliphatic rings. The van der Waals surface area contributed by atoms with E-state index in [0.29, 0.717) is 18.8 Å². The van der Waals surface area contributed by atoms with Gasteiger partial charge in [-0.2, -0.15) is 0 Å². The van der Waals surface area contributed by atoms with Crippen LogP contribution in [-0.4, -0.2) is 35.1 Å². The van der Waals surface area contributed by atoms with E-state index in [1.807, 2.05) is 63.2 Å². The smallest absolute Gasteiger partial charge is 0.242 e. The highest BCUT2D eigenvalue weighted by Crippen LogP contribution is 2.20. The van der Waals surface area contributed by atoms with Crippen LogP contribution in [0.15, 0.2) is 53.4 Å². The summed E-state index contributed by atoms with van der Waals surface area (Å²) in [7, 11) is 0. The van der Waals surface area contributed by atoms with E-state index in [4.69, 9.17) is 0 Å². The lowest BCUT2D eigenvalue weighted by molar-refractivity contribution is -0.138. The first-order valence-corrected chi connectivity index (χ1v) is 10.7. The summed E-state index contributed by atoms with van der Waals surface area (Å²) in [6.45, 7) is 8.93. The van der Waals surface area contributed by atoms with Gasteiger partial charge in [-0.3, -0.25) is 9.59 Å². The minimum Gasteiger partial charge on any atom is -0.354 e. The van der Waals surface area contributed by atoms with Crippen LogP contribution in [0.5, 0.6) is 0 Å². The summed E-state index contributed by atoms with van der Waals surface area (Å²) in [5.74, 6) is 0.162. The molecular weight excluding hydrogens is 368 g/mol. The Balaban J connectivity index is 2.12. The first-order valence-electron chi connectivity index (χ1n) is 9.73. The van der Waals surface area contributed by atoms with Crippen molar-refractivity contribution in [3.63, 3.8) is 0 Å². The van der Waals surface area contributed by atoms with Crippen LogP contribution in [-0.2, 0) is 16.1 Å². The Labute approximate surface area is 172 Å². The van der Waals surface area contributed by atoms with Gasteiger partial charge in [0.2, 0.25) is 11.8 Å². The van der Waals surface area contributed by atoms with Crippen LogP contribution in [0.1, 0.15) is 37.0 Å².